The van der Waals surface area contributed by atoms with E-state index in [4.69, 9.17) is 9.88 Å². The zero-order valence-electron chi connectivity index (χ0n) is 13.2. The number of aliphatic hydroxyl groups excluding tert-OH is 1. The van der Waals surface area contributed by atoms with Crippen LogP contribution in [0.25, 0.3) is 0 Å². The molecule has 1 amide bonds. The highest BCUT2D eigenvalue weighted by Gasteiger charge is 2.16. The first-order valence-corrected chi connectivity index (χ1v) is 8.53. The van der Waals surface area contributed by atoms with E-state index in [0.29, 0.717) is 16.8 Å². The zero-order valence-corrected chi connectivity index (χ0v) is 14.1. The maximum Gasteiger partial charge on any atom is 0.255 e. The van der Waals surface area contributed by atoms with Crippen molar-refractivity contribution in [3.63, 3.8) is 0 Å². The third-order valence-electron chi connectivity index (χ3n) is 3.51. The number of primary sulfonamides is 1. The van der Waals surface area contributed by atoms with Crippen LogP contribution in [0.15, 0.2) is 41.3 Å². The number of carbonyl (C=O) groups is 1. The summed E-state index contributed by atoms with van der Waals surface area (Å²) in [6, 6.07) is 9.03. The second-order valence-electron chi connectivity index (χ2n) is 5.16. The number of benzene rings is 2. The van der Waals surface area contributed by atoms with Gasteiger partial charge in [0, 0.05) is 17.3 Å². The number of nitrogens with one attached hydrogen (secondary N) is 1. The van der Waals surface area contributed by atoms with Crippen LogP contribution >= 0.6 is 0 Å². The monoisotopic (exact) mass is 348 g/mol. The SMILES string of the molecule is Bc1ccc(C(=O)Nc2ccc(S(N)(=O)=O)c(OC)c2)cc1CO. The highest BCUT2D eigenvalue weighted by atomic mass is 32.2. The normalized spacial score (nSPS) is 11.1. The molecule has 0 atom stereocenters. The van der Waals surface area contributed by atoms with Gasteiger partial charge < -0.3 is 15.2 Å². The molecule has 0 heterocycles. The molecule has 0 bridgehead atoms. The van der Waals surface area contributed by atoms with E-state index >= 15 is 0 Å². The molecule has 2 aromatic rings. The topological polar surface area (TPSA) is 119 Å². The number of methoxy groups -OCH3 is 1. The predicted molar refractivity (Wildman–Crippen MR) is 92.9 cm³/mol. The number of rotatable bonds is 5. The molecule has 0 saturated carbocycles. The van der Waals surface area contributed by atoms with Crippen LogP contribution in [-0.2, 0) is 16.6 Å². The summed E-state index contributed by atoms with van der Waals surface area (Å²) in [6.07, 6.45) is 0. The van der Waals surface area contributed by atoms with Gasteiger partial charge in [0.05, 0.1) is 13.7 Å². The van der Waals surface area contributed by atoms with Crippen molar-refractivity contribution in [2.45, 2.75) is 11.5 Å². The lowest BCUT2D eigenvalue weighted by molar-refractivity contribution is 0.102. The molecule has 0 fully saturated rings. The van der Waals surface area contributed by atoms with Gasteiger partial charge in [-0.25, -0.2) is 13.6 Å². The van der Waals surface area contributed by atoms with E-state index in [2.05, 4.69) is 5.32 Å². The molecule has 7 nitrogen and oxygen atoms in total. The van der Waals surface area contributed by atoms with Crippen molar-refractivity contribution in [1.29, 1.82) is 0 Å². The lowest BCUT2D eigenvalue weighted by Gasteiger charge is -2.11. The van der Waals surface area contributed by atoms with Crippen molar-refractivity contribution in [2.24, 2.45) is 5.14 Å². The van der Waals surface area contributed by atoms with Gasteiger partial charge in [-0.1, -0.05) is 11.5 Å². The van der Waals surface area contributed by atoms with Gasteiger partial charge in [-0.05, 0) is 29.8 Å². The van der Waals surface area contributed by atoms with Gasteiger partial charge >= 0.3 is 0 Å². The van der Waals surface area contributed by atoms with E-state index in [1.807, 2.05) is 7.85 Å². The Hall–Kier alpha value is -2.36. The Morgan fingerprint density at radius 3 is 2.58 bits per heavy atom. The number of anilines is 1. The summed E-state index contributed by atoms with van der Waals surface area (Å²) in [5.41, 5.74) is 2.27. The first-order valence-electron chi connectivity index (χ1n) is 6.99. The van der Waals surface area contributed by atoms with Gasteiger partial charge in [-0.15, -0.1) is 0 Å². The van der Waals surface area contributed by atoms with Gasteiger partial charge in [0.15, 0.2) is 0 Å². The number of hydrogen-bond donors (Lipinski definition) is 3. The molecule has 2 aromatic carbocycles. The van der Waals surface area contributed by atoms with Gasteiger partial charge in [0.1, 0.15) is 18.5 Å². The molecule has 0 aliphatic heterocycles. The minimum absolute atomic E-state index is 0.0373. The molecule has 0 aliphatic rings. The Morgan fingerprint density at radius 1 is 1.29 bits per heavy atom. The summed E-state index contributed by atoms with van der Waals surface area (Å²) in [4.78, 5) is 12.1. The molecule has 0 radical (unpaired) electrons. The minimum atomic E-state index is -3.92. The van der Waals surface area contributed by atoms with Crippen molar-refractivity contribution in [3.8, 4) is 5.75 Å². The fourth-order valence-corrected chi connectivity index (χ4v) is 2.85. The van der Waals surface area contributed by atoms with Crippen LogP contribution in [0.1, 0.15) is 15.9 Å². The number of ether oxygens (including phenoxy) is 1. The maximum atomic E-state index is 12.3. The molecule has 9 heteroatoms. The lowest BCUT2D eigenvalue weighted by atomic mass is 9.89. The van der Waals surface area contributed by atoms with Gasteiger partial charge in [0.25, 0.3) is 5.91 Å². The van der Waals surface area contributed by atoms with Crippen LogP contribution < -0.4 is 20.7 Å². The van der Waals surface area contributed by atoms with Gasteiger partial charge in [-0.3, -0.25) is 4.79 Å². The van der Waals surface area contributed by atoms with E-state index in [9.17, 15) is 18.3 Å². The van der Waals surface area contributed by atoms with Crippen LogP contribution in [0, 0.1) is 0 Å². The number of hydrogen-bond acceptors (Lipinski definition) is 5. The Kier molecular flexibility index (Phi) is 5.28. The number of aliphatic hydroxyl groups is 1. The predicted octanol–water partition coefficient (Wildman–Crippen LogP) is -0.654. The Labute approximate surface area is 140 Å². The Balaban J connectivity index is 2.29. The maximum absolute atomic E-state index is 12.3. The highest BCUT2D eigenvalue weighted by molar-refractivity contribution is 7.89. The molecule has 0 saturated heterocycles. The highest BCUT2D eigenvalue weighted by Crippen LogP contribution is 2.26. The zero-order chi connectivity index (χ0) is 17.9. The molecule has 0 spiro atoms. The number of nitrogens with two attached hydrogens (primary N) is 1. The number of sulfonamides is 1. The third-order valence-corrected chi connectivity index (χ3v) is 4.46. The first kappa shape index (κ1) is 18.0. The van der Waals surface area contributed by atoms with Crippen LogP contribution in [-0.4, -0.2) is 34.4 Å². The first-order chi connectivity index (χ1) is 11.3. The van der Waals surface area contributed by atoms with Gasteiger partial charge in [-0.2, -0.15) is 0 Å². The van der Waals surface area contributed by atoms with E-state index in [1.54, 1.807) is 18.2 Å². The summed E-state index contributed by atoms with van der Waals surface area (Å²) < 4.78 is 27.9. The van der Waals surface area contributed by atoms with Crippen molar-refractivity contribution < 1.29 is 23.1 Å². The molecule has 4 N–H and O–H groups in total. The second-order valence-corrected chi connectivity index (χ2v) is 6.69. The van der Waals surface area contributed by atoms with Crippen LogP contribution in [0.4, 0.5) is 5.69 Å². The average molecular weight is 348 g/mol. The van der Waals surface area contributed by atoms with E-state index in [-0.39, 0.29) is 17.3 Å². The summed E-state index contributed by atoms with van der Waals surface area (Å²) >= 11 is 0. The molecule has 0 unspecified atom stereocenters. The van der Waals surface area contributed by atoms with Crippen LogP contribution in [0.2, 0.25) is 0 Å². The molecule has 2 rings (SSSR count). The van der Waals surface area contributed by atoms with Crippen LogP contribution in [0.5, 0.6) is 5.75 Å². The molecular weight excluding hydrogens is 331 g/mol. The fourth-order valence-electron chi connectivity index (χ4n) is 2.17. The van der Waals surface area contributed by atoms with Crippen molar-refractivity contribution in [1.82, 2.24) is 0 Å². The van der Waals surface area contributed by atoms with E-state index in [0.717, 1.165) is 5.46 Å². The summed E-state index contributed by atoms with van der Waals surface area (Å²) in [6.45, 7) is -0.163. The third kappa shape index (κ3) is 3.94. The molecular formula is C15H17BN2O5S. The second kappa shape index (κ2) is 7.04. The number of amides is 1. The van der Waals surface area contributed by atoms with Crippen LogP contribution in [0.3, 0.4) is 0 Å². The fraction of sp³-hybridized carbons (Fsp3) is 0.133. The lowest BCUT2D eigenvalue weighted by Crippen LogP contribution is -2.17. The Morgan fingerprint density at radius 2 is 2.00 bits per heavy atom. The molecule has 24 heavy (non-hydrogen) atoms. The number of carbonyl (C=O) groups excluding carboxylic acids is 1. The van der Waals surface area contributed by atoms with E-state index < -0.39 is 15.9 Å². The minimum Gasteiger partial charge on any atom is -0.495 e. The van der Waals surface area contributed by atoms with Crippen molar-refractivity contribution in [3.05, 3.63) is 47.5 Å². The van der Waals surface area contributed by atoms with E-state index in [1.165, 1.54) is 25.3 Å². The smallest absolute Gasteiger partial charge is 0.255 e. The average Bonchev–Trinajstić information content (AvgIpc) is 2.54. The Bertz CT molecular complexity index is 883. The van der Waals surface area contributed by atoms with Crippen molar-refractivity contribution >= 4 is 34.9 Å². The quantitative estimate of drug-likeness (QED) is 0.620. The molecule has 126 valence electrons. The van der Waals surface area contributed by atoms with Crippen molar-refractivity contribution in [2.75, 3.05) is 12.4 Å². The summed E-state index contributed by atoms with van der Waals surface area (Å²) in [7, 11) is -0.776. The molecule has 0 aromatic heterocycles. The summed E-state index contributed by atoms with van der Waals surface area (Å²) in [5, 5.41) is 17.0. The largest absolute Gasteiger partial charge is 0.495 e. The standard InChI is InChI=1S/C15H17BN2O5S/c1-23-13-7-11(3-5-14(13)24(17,21)22)18-15(20)9-2-4-12(16)10(6-9)8-19/h2-7,19H,8,16H2,1H3,(H,18,20)(H2,17,21,22). The summed E-state index contributed by atoms with van der Waals surface area (Å²) in [5.74, 6) is -0.356. The molecule has 0 aliphatic carbocycles. The van der Waals surface area contributed by atoms with Gasteiger partial charge in [0.2, 0.25) is 10.0 Å².